The lowest BCUT2D eigenvalue weighted by Crippen LogP contribution is -2.25. The zero-order valence-electron chi connectivity index (χ0n) is 18.1. The fourth-order valence-corrected chi connectivity index (χ4v) is 4.22. The number of amides is 1. The molecule has 3 aromatic rings. The van der Waals surface area contributed by atoms with Gasteiger partial charge in [-0.1, -0.05) is 66.7 Å². The van der Waals surface area contributed by atoms with Gasteiger partial charge in [0.05, 0.1) is 13.5 Å². The Bertz CT molecular complexity index is 1010. The van der Waals surface area contributed by atoms with Crippen molar-refractivity contribution < 1.29 is 9.53 Å². The summed E-state index contributed by atoms with van der Waals surface area (Å²) in [5, 5.41) is 3.07. The lowest BCUT2D eigenvalue weighted by Gasteiger charge is -2.15. The van der Waals surface area contributed by atoms with Crippen molar-refractivity contribution in [2.45, 2.75) is 32.4 Å². The van der Waals surface area contributed by atoms with Crippen molar-refractivity contribution >= 4 is 5.91 Å². The van der Waals surface area contributed by atoms with Crippen LogP contribution >= 0.6 is 0 Å². The van der Waals surface area contributed by atoms with Crippen molar-refractivity contribution in [3.8, 4) is 16.9 Å². The Hall–Kier alpha value is -3.11. The van der Waals surface area contributed by atoms with Crippen LogP contribution in [0.5, 0.6) is 5.75 Å². The van der Waals surface area contributed by atoms with Gasteiger partial charge < -0.3 is 10.1 Å². The largest absolute Gasteiger partial charge is 0.496 e. The average Bonchev–Trinajstić information content (AvgIpc) is 3.32. The minimum absolute atomic E-state index is 0.0136. The van der Waals surface area contributed by atoms with Crippen LogP contribution in [0.3, 0.4) is 0 Å². The SMILES string of the molecule is COc1ccccc1CC(=O)NCc1ccccc1-c1ccc(CN2CCCC2)cc1. The third kappa shape index (κ3) is 5.53. The minimum atomic E-state index is -0.0136. The zero-order chi connectivity index (χ0) is 21.5. The first-order valence-electron chi connectivity index (χ1n) is 11.0. The van der Waals surface area contributed by atoms with E-state index in [1.165, 1.54) is 37.1 Å². The first kappa shape index (κ1) is 21.1. The highest BCUT2D eigenvalue weighted by Gasteiger charge is 2.13. The van der Waals surface area contributed by atoms with Crippen LogP contribution in [-0.4, -0.2) is 31.0 Å². The topological polar surface area (TPSA) is 41.6 Å². The van der Waals surface area contributed by atoms with Crippen LogP contribution in [0.1, 0.15) is 29.5 Å². The summed E-state index contributed by atoms with van der Waals surface area (Å²) in [4.78, 5) is 15.1. The number of nitrogens with one attached hydrogen (secondary N) is 1. The molecule has 4 rings (SSSR count). The Morgan fingerprint density at radius 1 is 0.903 bits per heavy atom. The second-order valence-corrected chi connectivity index (χ2v) is 8.10. The third-order valence-corrected chi connectivity index (χ3v) is 5.91. The molecule has 1 heterocycles. The van der Waals surface area contributed by atoms with Gasteiger partial charge in [0.25, 0.3) is 0 Å². The predicted octanol–water partition coefficient (Wildman–Crippen LogP) is 4.82. The summed E-state index contributed by atoms with van der Waals surface area (Å²) < 4.78 is 5.35. The summed E-state index contributed by atoms with van der Waals surface area (Å²) in [6.07, 6.45) is 2.93. The van der Waals surface area contributed by atoms with Gasteiger partial charge in [-0.3, -0.25) is 9.69 Å². The number of ether oxygens (including phenoxy) is 1. The molecule has 0 bridgehead atoms. The van der Waals surface area contributed by atoms with E-state index in [4.69, 9.17) is 4.74 Å². The molecule has 1 aliphatic heterocycles. The van der Waals surface area contributed by atoms with Crippen LogP contribution in [0.15, 0.2) is 72.8 Å². The Morgan fingerprint density at radius 3 is 2.32 bits per heavy atom. The third-order valence-electron chi connectivity index (χ3n) is 5.91. The van der Waals surface area contributed by atoms with Gasteiger partial charge in [0, 0.05) is 18.7 Å². The maximum absolute atomic E-state index is 12.5. The molecule has 160 valence electrons. The standard InChI is InChI=1S/C27H30N2O2/c1-31-26-11-5-3-8-23(26)18-27(30)28-19-24-9-2-4-10-25(24)22-14-12-21(13-15-22)20-29-16-6-7-17-29/h2-5,8-15H,6-7,16-20H2,1H3,(H,28,30). The summed E-state index contributed by atoms with van der Waals surface area (Å²) in [7, 11) is 1.63. The molecule has 0 saturated carbocycles. The number of hydrogen-bond acceptors (Lipinski definition) is 3. The number of carbonyl (C=O) groups excluding carboxylic acids is 1. The number of benzene rings is 3. The lowest BCUT2D eigenvalue weighted by molar-refractivity contribution is -0.120. The molecule has 4 nitrogen and oxygen atoms in total. The molecule has 0 unspecified atom stereocenters. The van der Waals surface area contributed by atoms with E-state index in [0.29, 0.717) is 13.0 Å². The highest BCUT2D eigenvalue weighted by molar-refractivity contribution is 5.79. The van der Waals surface area contributed by atoms with E-state index in [-0.39, 0.29) is 5.91 Å². The van der Waals surface area contributed by atoms with Gasteiger partial charge in [0.2, 0.25) is 5.91 Å². The van der Waals surface area contributed by atoms with Crippen LogP contribution in [0, 0.1) is 0 Å². The number of hydrogen-bond donors (Lipinski definition) is 1. The van der Waals surface area contributed by atoms with Crippen LogP contribution in [0.25, 0.3) is 11.1 Å². The Kier molecular flexibility index (Phi) is 7.00. The fourth-order valence-electron chi connectivity index (χ4n) is 4.22. The van der Waals surface area contributed by atoms with Gasteiger partial charge in [-0.05, 0) is 54.3 Å². The highest BCUT2D eigenvalue weighted by atomic mass is 16.5. The van der Waals surface area contributed by atoms with Gasteiger partial charge in [-0.15, -0.1) is 0 Å². The van der Waals surface area contributed by atoms with Gasteiger partial charge in [-0.2, -0.15) is 0 Å². The first-order chi connectivity index (χ1) is 15.2. The van der Waals surface area contributed by atoms with Crippen molar-refractivity contribution in [2.24, 2.45) is 0 Å². The van der Waals surface area contributed by atoms with Crippen molar-refractivity contribution in [3.63, 3.8) is 0 Å². The normalized spacial score (nSPS) is 13.8. The molecule has 0 atom stereocenters. The number of carbonyl (C=O) groups is 1. The van der Waals surface area contributed by atoms with E-state index < -0.39 is 0 Å². The first-order valence-corrected chi connectivity index (χ1v) is 11.0. The molecule has 1 aliphatic rings. The van der Waals surface area contributed by atoms with E-state index in [1.54, 1.807) is 7.11 Å². The molecule has 4 heteroatoms. The molecule has 0 radical (unpaired) electrons. The number of methoxy groups -OCH3 is 1. The molecule has 1 N–H and O–H groups in total. The van der Waals surface area contributed by atoms with Crippen LogP contribution in [0.4, 0.5) is 0 Å². The molecule has 31 heavy (non-hydrogen) atoms. The Balaban J connectivity index is 1.40. The maximum Gasteiger partial charge on any atom is 0.224 e. The van der Waals surface area contributed by atoms with E-state index in [9.17, 15) is 4.79 Å². The Labute approximate surface area is 184 Å². The molecule has 3 aromatic carbocycles. The van der Waals surface area contributed by atoms with Gasteiger partial charge >= 0.3 is 0 Å². The van der Waals surface area contributed by atoms with Crippen LogP contribution in [0.2, 0.25) is 0 Å². The maximum atomic E-state index is 12.5. The van der Waals surface area contributed by atoms with E-state index in [1.807, 2.05) is 36.4 Å². The van der Waals surface area contributed by atoms with Crippen LogP contribution < -0.4 is 10.1 Å². The second kappa shape index (κ2) is 10.3. The number of para-hydroxylation sites is 1. The van der Waals surface area contributed by atoms with E-state index >= 15 is 0 Å². The predicted molar refractivity (Wildman–Crippen MR) is 125 cm³/mol. The van der Waals surface area contributed by atoms with Gasteiger partial charge in [0.15, 0.2) is 0 Å². The molecule has 1 amide bonds. The molecular weight excluding hydrogens is 384 g/mol. The van der Waals surface area contributed by atoms with Crippen molar-refractivity contribution in [1.29, 1.82) is 0 Å². The minimum Gasteiger partial charge on any atom is -0.496 e. The van der Waals surface area contributed by atoms with Crippen molar-refractivity contribution in [2.75, 3.05) is 20.2 Å². The lowest BCUT2D eigenvalue weighted by atomic mass is 9.98. The smallest absolute Gasteiger partial charge is 0.224 e. The van der Waals surface area contributed by atoms with Crippen molar-refractivity contribution in [1.82, 2.24) is 10.2 Å². The summed E-state index contributed by atoms with van der Waals surface area (Å²) >= 11 is 0. The molecular formula is C27H30N2O2. The molecule has 1 fully saturated rings. The quantitative estimate of drug-likeness (QED) is 0.575. The second-order valence-electron chi connectivity index (χ2n) is 8.10. The molecule has 1 saturated heterocycles. The van der Waals surface area contributed by atoms with Crippen molar-refractivity contribution in [3.05, 3.63) is 89.5 Å². The molecule has 0 aromatic heterocycles. The zero-order valence-corrected chi connectivity index (χ0v) is 18.1. The monoisotopic (exact) mass is 414 g/mol. The molecule has 0 spiro atoms. The molecule has 0 aliphatic carbocycles. The van der Waals surface area contributed by atoms with Gasteiger partial charge in [-0.25, -0.2) is 0 Å². The van der Waals surface area contributed by atoms with Gasteiger partial charge in [0.1, 0.15) is 5.75 Å². The number of nitrogens with zero attached hydrogens (tertiary/aromatic N) is 1. The number of rotatable bonds is 8. The van der Waals surface area contributed by atoms with Crippen LogP contribution in [-0.2, 0) is 24.3 Å². The highest BCUT2D eigenvalue weighted by Crippen LogP contribution is 2.25. The van der Waals surface area contributed by atoms with E-state index in [0.717, 1.165) is 29.0 Å². The Morgan fingerprint density at radius 2 is 1.58 bits per heavy atom. The fraction of sp³-hybridized carbons (Fsp3) is 0.296. The average molecular weight is 415 g/mol. The summed E-state index contributed by atoms with van der Waals surface area (Å²) in [6.45, 7) is 3.94. The summed E-state index contributed by atoms with van der Waals surface area (Å²) in [5.74, 6) is 0.729. The van der Waals surface area contributed by atoms with E-state index in [2.05, 4.69) is 46.6 Å². The summed E-state index contributed by atoms with van der Waals surface area (Å²) in [5.41, 5.74) is 5.70. The number of likely N-dealkylation sites (tertiary alicyclic amines) is 1. The summed E-state index contributed by atoms with van der Waals surface area (Å²) in [6, 6.07) is 24.8.